The van der Waals surface area contributed by atoms with E-state index in [2.05, 4.69) is 5.32 Å². The lowest BCUT2D eigenvalue weighted by Gasteiger charge is -2.05. The molecule has 3 aromatic carbocycles. The first-order valence-electron chi connectivity index (χ1n) is 8.61. The van der Waals surface area contributed by atoms with E-state index in [1.54, 1.807) is 17.8 Å². The maximum atomic E-state index is 12.3. The molecule has 0 aliphatic carbocycles. The predicted octanol–water partition coefficient (Wildman–Crippen LogP) is 5.71. The molecule has 0 heterocycles. The van der Waals surface area contributed by atoms with E-state index >= 15 is 0 Å². The van der Waals surface area contributed by atoms with Crippen LogP contribution in [0.5, 0.6) is 0 Å². The molecule has 0 bridgehead atoms. The van der Waals surface area contributed by atoms with Crippen molar-refractivity contribution in [2.24, 2.45) is 0 Å². The van der Waals surface area contributed by atoms with Crippen molar-refractivity contribution in [3.05, 3.63) is 101 Å². The number of carbonyl (C=O) groups excluding carboxylic acids is 1. The smallest absolute Gasteiger partial charge is 0.262 e. The van der Waals surface area contributed by atoms with Crippen molar-refractivity contribution in [3.63, 3.8) is 0 Å². The maximum absolute atomic E-state index is 12.3. The van der Waals surface area contributed by atoms with Crippen LogP contribution in [0.25, 0.3) is 6.08 Å². The number of hydrogen-bond acceptors (Lipinski definition) is 3. The summed E-state index contributed by atoms with van der Waals surface area (Å²) >= 11 is 7.52. The number of nitrogens with one attached hydrogen (secondary N) is 1. The zero-order chi connectivity index (χ0) is 19.8. The monoisotopic (exact) mass is 404 g/mol. The zero-order valence-electron chi connectivity index (χ0n) is 14.9. The second-order valence-corrected chi connectivity index (χ2v) is 7.55. The molecule has 0 aliphatic heterocycles. The van der Waals surface area contributed by atoms with Gasteiger partial charge in [0, 0.05) is 21.4 Å². The molecular formula is C23H17ClN2OS. The fourth-order valence-corrected chi connectivity index (χ4v) is 3.40. The highest BCUT2D eigenvalue weighted by Crippen LogP contribution is 2.28. The first-order chi connectivity index (χ1) is 13.6. The lowest BCUT2D eigenvalue weighted by atomic mass is 10.1. The van der Waals surface area contributed by atoms with Gasteiger partial charge in [0.25, 0.3) is 5.91 Å². The quantitative estimate of drug-likeness (QED) is 0.422. The Morgan fingerprint density at radius 1 is 0.964 bits per heavy atom. The molecule has 3 aromatic rings. The van der Waals surface area contributed by atoms with Crippen LogP contribution in [-0.2, 0) is 11.3 Å². The van der Waals surface area contributed by atoms with Crippen molar-refractivity contribution in [1.82, 2.24) is 5.32 Å². The molecule has 3 rings (SSSR count). The fraction of sp³-hybridized carbons (Fsp3) is 0.0435. The molecule has 1 amide bonds. The molecule has 28 heavy (non-hydrogen) atoms. The topological polar surface area (TPSA) is 52.9 Å². The summed E-state index contributed by atoms with van der Waals surface area (Å²) < 4.78 is 0. The molecule has 0 aromatic heterocycles. The summed E-state index contributed by atoms with van der Waals surface area (Å²) in [6.07, 6.45) is 1.59. The van der Waals surface area contributed by atoms with E-state index in [4.69, 9.17) is 11.6 Å². The van der Waals surface area contributed by atoms with E-state index in [0.717, 1.165) is 20.9 Å². The van der Waals surface area contributed by atoms with Gasteiger partial charge in [-0.15, -0.1) is 0 Å². The SMILES string of the molecule is N#C/C(=C/c1ccc(Sc2ccc(Cl)cc2)cc1)C(=O)NCc1ccccc1. The molecular weight excluding hydrogens is 388 g/mol. The normalized spacial score (nSPS) is 10.9. The van der Waals surface area contributed by atoms with Crippen LogP contribution in [0.3, 0.4) is 0 Å². The Labute approximate surface area is 173 Å². The van der Waals surface area contributed by atoms with Crippen LogP contribution < -0.4 is 5.32 Å². The van der Waals surface area contributed by atoms with Gasteiger partial charge < -0.3 is 5.32 Å². The van der Waals surface area contributed by atoms with Crippen molar-refractivity contribution in [2.45, 2.75) is 16.3 Å². The number of carbonyl (C=O) groups is 1. The highest BCUT2D eigenvalue weighted by molar-refractivity contribution is 7.99. The molecule has 3 nitrogen and oxygen atoms in total. The van der Waals surface area contributed by atoms with Crippen LogP contribution in [-0.4, -0.2) is 5.91 Å². The first-order valence-corrected chi connectivity index (χ1v) is 9.81. The van der Waals surface area contributed by atoms with Crippen LogP contribution in [0.4, 0.5) is 0 Å². The zero-order valence-corrected chi connectivity index (χ0v) is 16.5. The first kappa shape index (κ1) is 19.8. The summed E-state index contributed by atoms with van der Waals surface area (Å²) in [4.78, 5) is 14.4. The molecule has 0 saturated carbocycles. The summed E-state index contributed by atoms with van der Waals surface area (Å²) in [5.74, 6) is -0.383. The molecule has 0 fully saturated rings. The van der Waals surface area contributed by atoms with Crippen LogP contribution >= 0.6 is 23.4 Å². The van der Waals surface area contributed by atoms with Gasteiger partial charge in [-0.1, -0.05) is 65.8 Å². The number of halogens is 1. The van der Waals surface area contributed by atoms with Gasteiger partial charge in [0.2, 0.25) is 0 Å². The van der Waals surface area contributed by atoms with Crippen LogP contribution in [0.15, 0.2) is 94.2 Å². The van der Waals surface area contributed by atoms with E-state index in [1.165, 1.54) is 0 Å². The van der Waals surface area contributed by atoms with Gasteiger partial charge in [0.05, 0.1) is 0 Å². The lowest BCUT2D eigenvalue weighted by Crippen LogP contribution is -2.23. The van der Waals surface area contributed by atoms with Crippen molar-refractivity contribution in [3.8, 4) is 6.07 Å². The van der Waals surface area contributed by atoms with Gasteiger partial charge in [-0.25, -0.2) is 0 Å². The minimum Gasteiger partial charge on any atom is -0.347 e. The second-order valence-electron chi connectivity index (χ2n) is 5.96. The molecule has 138 valence electrons. The van der Waals surface area contributed by atoms with Gasteiger partial charge in [-0.05, 0) is 53.6 Å². The highest BCUT2D eigenvalue weighted by atomic mass is 35.5. The minimum atomic E-state index is -0.383. The Morgan fingerprint density at radius 2 is 1.57 bits per heavy atom. The molecule has 0 unspecified atom stereocenters. The fourth-order valence-electron chi connectivity index (χ4n) is 2.46. The van der Waals surface area contributed by atoms with Crippen molar-refractivity contribution in [2.75, 3.05) is 0 Å². The molecule has 0 radical (unpaired) electrons. The van der Waals surface area contributed by atoms with Crippen molar-refractivity contribution < 1.29 is 4.79 Å². The van der Waals surface area contributed by atoms with Crippen molar-refractivity contribution >= 4 is 35.3 Å². The average molecular weight is 405 g/mol. The molecule has 5 heteroatoms. The highest BCUT2D eigenvalue weighted by Gasteiger charge is 2.08. The van der Waals surface area contributed by atoms with Crippen molar-refractivity contribution in [1.29, 1.82) is 5.26 Å². The molecule has 0 atom stereocenters. The maximum Gasteiger partial charge on any atom is 0.262 e. The van der Waals surface area contributed by atoms with E-state index in [1.807, 2.05) is 84.9 Å². The Morgan fingerprint density at radius 3 is 2.18 bits per heavy atom. The summed E-state index contributed by atoms with van der Waals surface area (Å²) in [6.45, 7) is 0.384. The van der Waals surface area contributed by atoms with E-state index in [0.29, 0.717) is 11.6 Å². The largest absolute Gasteiger partial charge is 0.347 e. The van der Waals surface area contributed by atoms with Crippen LogP contribution in [0, 0.1) is 11.3 Å². The summed E-state index contributed by atoms with van der Waals surface area (Å²) in [6, 6.07) is 26.9. The van der Waals surface area contributed by atoms with E-state index < -0.39 is 0 Å². The summed E-state index contributed by atoms with van der Waals surface area (Å²) in [5.41, 5.74) is 1.86. The Hall–Kier alpha value is -3.00. The van der Waals surface area contributed by atoms with Gasteiger partial charge in [0.15, 0.2) is 0 Å². The third-order valence-electron chi connectivity index (χ3n) is 3.90. The Kier molecular flexibility index (Phi) is 6.91. The molecule has 0 spiro atoms. The number of amides is 1. The van der Waals surface area contributed by atoms with Gasteiger partial charge in [-0.3, -0.25) is 4.79 Å². The van der Waals surface area contributed by atoms with E-state index in [9.17, 15) is 10.1 Å². The summed E-state index contributed by atoms with van der Waals surface area (Å²) in [7, 11) is 0. The lowest BCUT2D eigenvalue weighted by molar-refractivity contribution is -0.117. The van der Waals surface area contributed by atoms with Crippen LogP contribution in [0.1, 0.15) is 11.1 Å². The molecule has 0 saturated heterocycles. The number of nitrogens with zero attached hydrogens (tertiary/aromatic N) is 1. The second kappa shape index (κ2) is 9.80. The summed E-state index contributed by atoms with van der Waals surface area (Å²) in [5, 5.41) is 12.8. The average Bonchev–Trinajstić information content (AvgIpc) is 2.74. The number of nitriles is 1. The molecule has 1 N–H and O–H groups in total. The predicted molar refractivity (Wildman–Crippen MR) is 114 cm³/mol. The number of rotatable bonds is 6. The third kappa shape index (κ3) is 5.75. The Balaban J connectivity index is 1.64. The number of hydrogen-bond donors (Lipinski definition) is 1. The molecule has 0 aliphatic rings. The minimum absolute atomic E-state index is 0.0778. The van der Waals surface area contributed by atoms with E-state index in [-0.39, 0.29) is 11.5 Å². The Bertz CT molecular complexity index is 1010. The number of benzene rings is 3. The van der Waals surface area contributed by atoms with Gasteiger partial charge in [-0.2, -0.15) is 5.26 Å². The van der Waals surface area contributed by atoms with Crippen LogP contribution in [0.2, 0.25) is 5.02 Å². The third-order valence-corrected chi connectivity index (χ3v) is 5.17. The van der Waals surface area contributed by atoms with Gasteiger partial charge >= 0.3 is 0 Å². The van der Waals surface area contributed by atoms with Gasteiger partial charge in [0.1, 0.15) is 11.6 Å². The standard InChI is InChI=1S/C23H17ClN2OS/c24-20-8-12-22(13-9-20)28-21-10-6-17(7-11-21)14-19(15-25)23(27)26-16-18-4-2-1-3-5-18/h1-14H,16H2,(H,26,27)/b19-14-.